The third kappa shape index (κ3) is 1.98. The summed E-state index contributed by atoms with van der Waals surface area (Å²) < 4.78 is 12.0. The predicted molar refractivity (Wildman–Crippen MR) is 68.8 cm³/mol. The van der Waals surface area contributed by atoms with Gasteiger partial charge in [-0.1, -0.05) is 28.8 Å². The molecule has 3 rings (SSSR count). The first-order valence-electron chi connectivity index (χ1n) is 6.01. The van der Waals surface area contributed by atoms with Crippen LogP contribution in [0.3, 0.4) is 0 Å². The molecule has 4 heteroatoms. The number of hydrogen-bond acceptors (Lipinski definition) is 3. The predicted octanol–water partition coefficient (Wildman–Crippen LogP) is 3.04. The molecular weight excluding hydrogens is 282 g/mol. The topological polar surface area (TPSA) is 44.5 Å². The average Bonchev–Trinajstić information content (AvgIpc) is 2.76. The number of ether oxygens (including phenoxy) is 2. The number of hydrogen-bond donors (Lipinski definition) is 1. The lowest BCUT2D eigenvalue weighted by atomic mass is 9.87. The summed E-state index contributed by atoms with van der Waals surface area (Å²) in [6.45, 7) is 0.940. The third-order valence-corrected chi connectivity index (χ3v) is 4.16. The molecule has 0 radical (unpaired) electrons. The summed E-state index contributed by atoms with van der Waals surface area (Å²) in [5, 5.41) is 0. The summed E-state index contributed by atoms with van der Waals surface area (Å²) in [5.41, 5.74) is 8.55. The van der Waals surface area contributed by atoms with Crippen LogP contribution in [0.2, 0.25) is 0 Å². The van der Waals surface area contributed by atoms with Crippen LogP contribution >= 0.6 is 15.9 Å². The van der Waals surface area contributed by atoms with Crippen LogP contribution in [0.15, 0.2) is 16.6 Å². The van der Waals surface area contributed by atoms with Gasteiger partial charge < -0.3 is 15.2 Å². The highest BCUT2D eigenvalue weighted by Gasteiger charge is 2.35. The molecular formula is C13H16BrNO2. The van der Waals surface area contributed by atoms with Crippen LogP contribution in [-0.4, -0.2) is 6.79 Å². The molecule has 1 aliphatic heterocycles. The largest absolute Gasteiger partial charge is 0.467 e. The van der Waals surface area contributed by atoms with Gasteiger partial charge in [-0.2, -0.15) is 0 Å². The molecule has 0 aromatic heterocycles. The molecule has 1 heterocycles. The van der Waals surface area contributed by atoms with Gasteiger partial charge >= 0.3 is 0 Å². The average molecular weight is 298 g/mol. The zero-order valence-electron chi connectivity index (χ0n) is 9.67. The van der Waals surface area contributed by atoms with Gasteiger partial charge in [0.05, 0.1) is 6.61 Å². The van der Waals surface area contributed by atoms with Crippen molar-refractivity contribution in [3.8, 4) is 5.75 Å². The van der Waals surface area contributed by atoms with E-state index in [0.717, 1.165) is 34.2 Å². The van der Waals surface area contributed by atoms with Crippen LogP contribution in [0.5, 0.6) is 5.75 Å². The third-order valence-electron chi connectivity index (χ3n) is 3.71. The van der Waals surface area contributed by atoms with Crippen LogP contribution < -0.4 is 10.5 Å². The van der Waals surface area contributed by atoms with Gasteiger partial charge in [-0.3, -0.25) is 0 Å². The Morgan fingerprint density at radius 2 is 2.00 bits per heavy atom. The number of rotatable bonds is 1. The molecule has 0 atom stereocenters. The van der Waals surface area contributed by atoms with Crippen molar-refractivity contribution in [3.63, 3.8) is 0 Å². The van der Waals surface area contributed by atoms with Gasteiger partial charge in [0.25, 0.3) is 0 Å². The zero-order valence-corrected chi connectivity index (χ0v) is 11.3. The molecule has 2 aliphatic rings. The van der Waals surface area contributed by atoms with Crippen LogP contribution in [-0.2, 0) is 16.9 Å². The highest BCUT2D eigenvalue weighted by molar-refractivity contribution is 9.10. The summed E-state index contributed by atoms with van der Waals surface area (Å²) in [6, 6.07) is 4.16. The fourth-order valence-corrected chi connectivity index (χ4v) is 3.33. The second-order valence-electron chi connectivity index (χ2n) is 4.92. The molecule has 1 aliphatic carbocycles. The van der Waals surface area contributed by atoms with Gasteiger partial charge in [0.1, 0.15) is 5.75 Å². The minimum atomic E-state index is -0.217. The Morgan fingerprint density at radius 1 is 1.24 bits per heavy atom. The zero-order chi connectivity index (χ0) is 11.9. The van der Waals surface area contributed by atoms with E-state index in [4.69, 9.17) is 15.2 Å². The lowest BCUT2D eigenvalue weighted by Crippen LogP contribution is -2.34. The summed E-state index contributed by atoms with van der Waals surface area (Å²) in [4.78, 5) is 0. The Bertz CT molecular complexity index is 441. The van der Waals surface area contributed by atoms with E-state index in [1.807, 2.05) is 0 Å². The lowest BCUT2D eigenvalue weighted by Gasteiger charge is -2.30. The standard InChI is InChI=1S/C13H16BrNO2/c14-10-5-9-7-16-8-17-12(9)11(6-10)13(15)3-1-2-4-13/h5-6H,1-4,7-8,15H2. The second kappa shape index (κ2) is 4.26. The van der Waals surface area contributed by atoms with Crippen molar-refractivity contribution in [1.82, 2.24) is 0 Å². The van der Waals surface area contributed by atoms with Crippen LogP contribution in [0.4, 0.5) is 0 Å². The van der Waals surface area contributed by atoms with Crippen molar-refractivity contribution in [2.75, 3.05) is 6.79 Å². The maximum atomic E-state index is 6.53. The first-order valence-corrected chi connectivity index (χ1v) is 6.81. The van der Waals surface area contributed by atoms with Gasteiger partial charge in [-0.05, 0) is 25.0 Å². The summed E-state index contributed by atoms with van der Waals surface area (Å²) in [5.74, 6) is 0.948. The molecule has 0 amide bonds. The highest BCUT2D eigenvalue weighted by atomic mass is 79.9. The molecule has 2 N–H and O–H groups in total. The van der Waals surface area contributed by atoms with Gasteiger partial charge in [0.15, 0.2) is 6.79 Å². The molecule has 1 fully saturated rings. The first kappa shape index (κ1) is 11.5. The van der Waals surface area contributed by atoms with E-state index in [2.05, 4.69) is 28.1 Å². The Balaban J connectivity index is 2.11. The Hall–Kier alpha value is -0.580. The van der Waals surface area contributed by atoms with Crippen LogP contribution in [0.1, 0.15) is 36.8 Å². The number of nitrogens with two attached hydrogens (primary N) is 1. The van der Waals surface area contributed by atoms with E-state index in [-0.39, 0.29) is 5.54 Å². The molecule has 0 saturated heterocycles. The quantitative estimate of drug-likeness (QED) is 0.866. The van der Waals surface area contributed by atoms with E-state index in [9.17, 15) is 0 Å². The Kier molecular flexibility index (Phi) is 2.89. The van der Waals surface area contributed by atoms with Gasteiger partial charge in [-0.25, -0.2) is 0 Å². The van der Waals surface area contributed by atoms with E-state index < -0.39 is 0 Å². The number of benzene rings is 1. The Labute approximate surface area is 109 Å². The lowest BCUT2D eigenvalue weighted by molar-refractivity contribution is -0.0178. The summed E-state index contributed by atoms with van der Waals surface area (Å²) in [6.07, 6.45) is 4.49. The van der Waals surface area contributed by atoms with Gasteiger partial charge in [0.2, 0.25) is 0 Å². The maximum absolute atomic E-state index is 6.53. The minimum Gasteiger partial charge on any atom is -0.467 e. The fraction of sp³-hybridized carbons (Fsp3) is 0.538. The van der Waals surface area contributed by atoms with E-state index in [1.54, 1.807) is 0 Å². The first-order chi connectivity index (χ1) is 8.19. The van der Waals surface area contributed by atoms with Gasteiger partial charge in [-0.15, -0.1) is 0 Å². The van der Waals surface area contributed by atoms with Crippen molar-refractivity contribution in [1.29, 1.82) is 0 Å². The van der Waals surface area contributed by atoms with E-state index in [0.29, 0.717) is 13.4 Å². The molecule has 1 aromatic carbocycles. The minimum absolute atomic E-state index is 0.217. The van der Waals surface area contributed by atoms with Crippen LogP contribution in [0, 0.1) is 0 Å². The molecule has 0 unspecified atom stereocenters. The SMILES string of the molecule is NC1(c2cc(Br)cc3c2OCOC3)CCCC1. The van der Waals surface area contributed by atoms with Crippen molar-refractivity contribution in [3.05, 3.63) is 27.7 Å². The van der Waals surface area contributed by atoms with Crippen molar-refractivity contribution >= 4 is 15.9 Å². The van der Waals surface area contributed by atoms with Crippen molar-refractivity contribution in [2.24, 2.45) is 5.73 Å². The molecule has 92 valence electrons. The summed E-state index contributed by atoms with van der Waals surface area (Å²) in [7, 11) is 0. The highest BCUT2D eigenvalue weighted by Crippen LogP contribution is 2.44. The number of halogens is 1. The fourth-order valence-electron chi connectivity index (χ4n) is 2.83. The number of fused-ring (bicyclic) bond motifs is 1. The summed E-state index contributed by atoms with van der Waals surface area (Å²) >= 11 is 3.55. The molecule has 1 saturated carbocycles. The molecule has 1 aromatic rings. The Morgan fingerprint density at radius 3 is 2.76 bits per heavy atom. The van der Waals surface area contributed by atoms with E-state index >= 15 is 0 Å². The van der Waals surface area contributed by atoms with Crippen LogP contribution in [0.25, 0.3) is 0 Å². The van der Waals surface area contributed by atoms with Gasteiger partial charge in [0, 0.05) is 21.1 Å². The molecule has 3 nitrogen and oxygen atoms in total. The molecule has 0 spiro atoms. The monoisotopic (exact) mass is 297 g/mol. The maximum Gasteiger partial charge on any atom is 0.189 e. The van der Waals surface area contributed by atoms with E-state index in [1.165, 1.54) is 12.8 Å². The van der Waals surface area contributed by atoms with Crippen molar-refractivity contribution in [2.45, 2.75) is 37.8 Å². The molecule has 0 bridgehead atoms. The smallest absolute Gasteiger partial charge is 0.189 e. The normalized spacial score (nSPS) is 22.0. The second-order valence-corrected chi connectivity index (χ2v) is 5.83. The van der Waals surface area contributed by atoms with Crippen molar-refractivity contribution < 1.29 is 9.47 Å². The molecule has 17 heavy (non-hydrogen) atoms.